The summed E-state index contributed by atoms with van der Waals surface area (Å²) in [5.74, 6) is 0. The van der Waals surface area contributed by atoms with E-state index in [2.05, 4.69) is 70.8 Å². The number of nitrogens with zero attached hydrogens (tertiary/aromatic N) is 1. The molecule has 0 heterocycles. The lowest BCUT2D eigenvalue weighted by molar-refractivity contribution is 0.210. The van der Waals surface area contributed by atoms with Crippen molar-refractivity contribution in [1.82, 2.24) is 0 Å². The molecule has 0 amide bonds. The van der Waals surface area contributed by atoms with Crippen LogP contribution in [0.4, 0.5) is 5.69 Å². The second-order valence-electron chi connectivity index (χ2n) is 6.25. The molecule has 2 heteroatoms. The first-order valence-electron chi connectivity index (χ1n) is 6.21. The Morgan fingerprint density at radius 2 is 1.65 bits per heavy atom. The molecule has 0 fully saturated rings. The predicted octanol–water partition coefficient (Wildman–Crippen LogP) is 3.19. The molecule has 0 atom stereocenters. The van der Waals surface area contributed by atoms with E-state index >= 15 is 0 Å². The van der Waals surface area contributed by atoms with Gasteiger partial charge in [0.15, 0.2) is 0 Å². The van der Waals surface area contributed by atoms with E-state index in [4.69, 9.17) is 5.73 Å². The average molecular weight is 234 g/mol. The molecular weight excluding hydrogens is 208 g/mol. The van der Waals surface area contributed by atoms with Gasteiger partial charge in [-0.1, -0.05) is 32.0 Å². The van der Waals surface area contributed by atoms with Gasteiger partial charge in [-0.15, -0.1) is 0 Å². The summed E-state index contributed by atoms with van der Waals surface area (Å²) >= 11 is 0. The summed E-state index contributed by atoms with van der Waals surface area (Å²) in [6.45, 7) is 11.7. The predicted molar refractivity (Wildman–Crippen MR) is 76.5 cm³/mol. The van der Waals surface area contributed by atoms with Crippen LogP contribution in [0.1, 0.15) is 33.3 Å². The highest BCUT2D eigenvalue weighted by molar-refractivity contribution is 5.52. The van der Waals surface area contributed by atoms with Crippen molar-refractivity contribution in [3.8, 4) is 0 Å². The van der Waals surface area contributed by atoms with Crippen LogP contribution >= 0.6 is 0 Å². The van der Waals surface area contributed by atoms with E-state index in [0.29, 0.717) is 0 Å². The molecular formula is C15H26N2. The first kappa shape index (κ1) is 14.0. The van der Waals surface area contributed by atoms with Crippen LogP contribution in [-0.4, -0.2) is 19.1 Å². The zero-order valence-electron chi connectivity index (χ0n) is 12.0. The van der Waals surface area contributed by atoms with Crippen molar-refractivity contribution >= 4 is 5.69 Å². The van der Waals surface area contributed by atoms with Gasteiger partial charge >= 0.3 is 0 Å². The number of benzene rings is 1. The van der Waals surface area contributed by atoms with Crippen molar-refractivity contribution < 1.29 is 0 Å². The molecule has 96 valence electrons. The first-order valence-corrected chi connectivity index (χ1v) is 6.21. The molecule has 17 heavy (non-hydrogen) atoms. The number of para-hydroxylation sites is 1. The van der Waals surface area contributed by atoms with Crippen LogP contribution in [0.25, 0.3) is 0 Å². The summed E-state index contributed by atoms with van der Waals surface area (Å²) < 4.78 is 0. The SMILES string of the molecule is Cc1ccccc1N(C)CC(C)(C)C(C)(C)N. The summed E-state index contributed by atoms with van der Waals surface area (Å²) in [6.07, 6.45) is 0. The van der Waals surface area contributed by atoms with Crippen LogP contribution in [0.15, 0.2) is 24.3 Å². The van der Waals surface area contributed by atoms with E-state index in [1.807, 2.05) is 0 Å². The largest absolute Gasteiger partial charge is 0.374 e. The van der Waals surface area contributed by atoms with Crippen LogP contribution in [-0.2, 0) is 0 Å². The first-order chi connectivity index (χ1) is 7.65. The third-order valence-electron chi connectivity index (χ3n) is 3.90. The topological polar surface area (TPSA) is 29.3 Å². The van der Waals surface area contributed by atoms with E-state index in [0.717, 1.165) is 6.54 Å². The summed E-state index contributed by atoms with van der Waals surface area (Å²) in [7, 11) is 2.13. The molecule has 0 spiro atoms. The summed E-state index contributed by atoms with van der Waals surface area (Å²) in [5.41, 5.74) is 8.71. The molecule has 2 N–H and O–H groups in total. The fraction of sp³-hybridized carbons (Fsp3) is 0.600. The van der Waals surface area contributed by atoms with Crippen molar-refractivity contribution in [3.05, 3.63) is 29.8 Å². The molecule has 0 aliphatic heterocycles. The molecule has 0 saturated carbocycles. The molecule has 0 bridgehead atoms. The maximum absolute atomic E-state index is 6.25. The van der Waals surface area contributed by atoms with Crippen molar-refractivity contribution in [3.63, 3.8) is 0 Å². The number of anilines is 1. The van der Waals surface area contributed by atoms with E-state index in [-0.39, 0.29) is 11.0 Å². The summed E-state index contributed by atoms with van der Waals surface area (Å²) in [5, 5.41) is 0. The number of hydrogen-bond acceptors (Lipinski definition) is 2. The third kappa shape index (κ3) is 3.22. The number of aryl methyl sites for hydroxylation is 1. The maximum atomic E-state index is 6.25. The summed E-state index contributed by atoms with van der Waals surface area (Å²) in [4.78, 5) is 2.30. The molecule has 0 aliphatic carbocycles. The van der Waals surface area contributed by atoms with E-state index in [9.17, 15) is 0 Å². The second kappa shape index (κ2) is 4.69. The summed E-state index contributed by atoms with van der Waals surface area (Å²) in [6, 6.07) is 8.46. The van der Waals surface area contributed by atoms with E-state index in [1.165, 1.54) is 11.3 Å². The minimum Gasteiger partial charge on any atom is -0.374 e. The number of nitrogens with two attached hydrogens (primary N) is 1. The van der Waals surface area contributed by atoms with Crippen molar-refractivity contribution in [2.45, 2.75) is 40.2 Å². The normalized spacial score (nSPS) is 12.6. The van der Waals surface area contributed by atoms with Gasteiger partial charge in [-0.05, 0) is 37.8 Å². The van der Waals surface area contributed by atoms with Crippen molar-refractivity contribution in [2.75, 3.05) is 18.5 Å². The standard InChI is InChI=1S/C15H26N2/c1-12-9-7-8-10-13(12)17(6)11-14(2,3)15(4,5)16/h7-10H,11,16H2,1-6H3. The van der Waals surface area contributed by atoms with Gasteiger partial charge in [0.05, 0.1) is 0 Å². The highest BCUT2D eigenvalue weighted by atomic mass is 15.1. The smallest absolute Gasteiger partial charge is 0.0393 e. The molecule has 0 aliphatic rings. The molecule has 0 aromatic heterocycles. The van der Waals surface area contributed by atoms with Crippen LogP contribution in [0.5, 0.6) is 0 Å². The molecule has 0 unspecified atom stereocenters. The van der Waals surface area contributed by atoms with E-state index in [1.54, 1.807) is 0 Å². The lowest BCUT2D eigenvalue weighted by Crippen LogP contribution is -2.52. The molecule has 0 radical (unpaired) electrons. The Morgan fingerprint density at radius 1 is 1.12 bits per heavy atom. The third-order valence-corrected chi connectivity index (χ3v) is 3.90. The minimum atomic E-state index is -0.191. The zero-order chi connectivity index (χ0) is 13.3. The molecule has 2 nitrogen and oxygen atoms in total. The van der Waals surface area contributed by atoms with Crippen LogP contribution in [0, 0.1) is 12.3 Å². The van der Waals surface area contributed by atoms with Gasteiger partial charge < -0.3 is 10.6 Å². The van der Waals surface area contributed by atoms with Crippen LogP contribution in [0.3, 0.4) is 0 Å². The van der Waals surface area contributed by atoms with Gasteiger partial charge in [-0.25, -0.2) is 0 Å². The Bertz CT molecular complexity index is 375. The number of hydrogen-bond donors (Lipinski definition) is 1. The quantitative estimate of drug-likeness (QED) is 0.867. The second-order valence-corrected chi connectivity index (χ2v) is 6.25. The highest BCUT2D eigenvalue weighted by Crippen LogP contribution is 2.31. The Hall–Kier alpha value is -1.02. The lowest BCUT2D eigenvalue weighted by atomic mass is 9.75. The van der Waals surface area contributed by atoms with Crippen LogP contribution < -0.4 is 10.6 Å². The monoisotopic (exact) mass is 234 g/mol. The molecule has 1 aromatic carbocycles. The fourth-order valence-electron chi connectivity index (χ4n) is 1.87. The molecule has 1 rings (SSSR count). The van der Waals surface area contributed by atoms with Crippen molar-refractivity contribution in [1.29, 1.82) is 0 Å². The highest BCUT2D eigenvalue weighted by Gasteiger charge is 2.34. The van der Waals surface area contributed by atoms with Gasteiger partial charge in [0.25, 0.3) is 0 Å². The van der Waals surface area contributed by atoms with Crippen LogP contribution in [0.2, 0.25) is 0 Å². The van der Waals surface area contributed by atoms with E-state index < -0.39 is 0 Å². The Balaban J connectivity index is 2.87. The van der Waals surface area contributed by atoms with Gasteiger partial charge in [-0.2, -0.15) is 0 Å². The Kier molecular flexibility index (Phi) is 3.88. The zero-order valence-corrected chi connectivity index (χ0v) is 12.0. The van der Waals surface area contributed by atoms with Gasteiger partial charge in [0.2, 0.25) is 0 Å². The maximum Gasteiger partial charge on any atom is 0.0393 e. The lowest BCUT2D eigenvalue weighted by Gasteiger charge is -2.42. The van der Waals surface area contributed by atoms with Gasteiger partial charge in [-0.3, -0.25) is 0 Å². The van der Waals surface area contributed by atoms with Gasteiger partial charge in [0, 0.05) is 24.8 Å². The molecule has 0 saturated heterocycles. The fourth-order valence-corrected chi connectivity index (χ4v) is 1.87. The molecule has 1 aromatic rings. The van der Waals surface area contributed by atoms with Gasteiger partial charge in [0.1, 0.15) is 0 Å². The number of rotatable bonds is 4. The Morgan fingerprint density at radius 3 is 2.12 bits per heavy atom. The van der Waals surface area contributed by atoms with Crippen molar-refractivity contribution in [2.24, 2.45) is 11.1 Å². The average Bonchev–Trinajstić information content (AvgIpc) is 2.15. The minimum absolute atomic E-state index is 0.0596. The Labute approximate surface area is 106 Å².